The summed E-state index contributed by atoms with van der Waals surface area (Å²) in [7, 11) is 0. The summed E-state index contributed by atoms with van der Waals surface area (Å²) in [5, 5.41) is 0. The van der Waals surface area contributed by atoms with Crippen LogP contribution in [-0.2, 0) is 4.79 Å². The van der Waals surface area contributed by atoms with Crippen LogP contribution in [0.2, 0.25) is 0 Å². The van der Waals surface area contributed by atoms with E-state index in [2.05, 4.69) is 0 Å². The van der Waals surface area contributed by atoms with E-state index in [1.807, 2.05) is 36.4 Å². The summed E-state index contributed by atoms with van der Waals surface area (Å²) in [6, 6.07) is 5.83. The van der Waals surface area contributed by atoms with E-state index in [4.69, 9.17) is 9.47 Å². The molecule has 3 rings (SSSR count). The molecule has 3 nitrogen and oxygen atoms in total. The van der Waals surface area contributed by atoms with E-state index < -0.39 is 0 Å². The van der Waals surface area contributed by atoms with Crippen molar-refractivity contribution in [2.24, 2.45) is 0 Å². The summed E-state index contributed by atoms with van der Waals surface area (Å²) in [4.78, 5) is 11.7. The van der Waals surface area contributed by atoms with Gasteiger partial charge in [0.1, 0.15) is 0 Å². The highest BCUT2D eigenvalue weighted by atomic mass is 16.7. The zero-order chi connectivity index (χ0) is 13.1. The van der Waals surface area contributed by atoms with Gasteiger partial charge in [0.15, 0.2) is 17.3 Å². The Morgan fingerprint density at radius 1 is 1.05 bits per heavy atom. The Hall–Kier alpha value is -2.03. The molecule has 2 aliphatic rings. The minimum Gasteiger partial charge on any atom is -0.454 e. The van der Waals surface area contributed by atoms with Crippen molar-refractivity contribution in [2.75, 3.05) is 6.79 Å². The van der Waals surface area contributed by atoms with Crippen LogP contribution >= 0.6 is 0 Å². The van der Waals surface area contributed by atoms with Gasteiger partial charge < -0.3 is 9.47 Å². The van der Waals surface area contributed by atoms with Gasteiger partial charge in [0, 0.05) is 6.42 Å². The maximum atomic E-state index is 11.7. The lowest BCUT2D eigenvalue weighted by atomic mass is 9.93. The van der Waals surface area contributed by atoms with Gasteiger partial charge in [-0.05, 0) is 42.5 Å². The van der Waals surface area contributed by atoms with E-state index in [0.29, 0.717) is 19.0 Å². The quantitative estimate of drug-likeness (QED) is 0.760. The predicted molar refractivity (Wildman–Crippen MR) is 73.2 cm³/mol. The Kier molecular flexibility index (Phi) is 3.36. The number of rotatable bonds is 2. The third-order valence-corrected chi connectivity index (χ3v) is 3.44. The Labute approximate surface area is 112 Å². The number of hydrogen-bond donors (Lipinski definition) is 0. The number of hydrogen-bond acceptors (Lipinski definition) is 3. The number of carbonyl (C=O) groups is 1. The van der Waals surface area contributed by atoms with Gasteiger partial charge in [-0.1, -0.05) is 24.3 Å². The van der Waals surface area contributed by atoms with E-state index >= 15 is 0 Å². The molecule has 19 heavy (non-hydrogen) atoms. The third kappa shape index (κ3) is 2.70. The summed E-state index contributed by atoms with van der Waals surface area (Å²) >= 11 is 0. The zero-order valence-corrected chi connectivity index (χ0v) is 10.7. The molecule has 0 N–H and O–H groups in total. The molecule has 1 saturated carbocycles. The second-order valence-corrected chi connectivity index (χ2v) is 4.79. The molecule has 1 aromatic carbocycles. The van der Waals surface area contributed by atoms with E-state index in [1.165, 1.54) is 0 Å². The monoisotopic (exact) mass is 256 g/mol. The predicted octanol–water partition coefficient (Wildman–Crippen LogP) is 3.50. The van der Waals surface area contributed by atoms with Gasteiger partial charge in [0.05, 0.1) is 0 Å². The minimum absolute atomic E-state index is 0.293. The van der Waals surface area contributed by atoms with Gasteiger partial charge in [-0.15, -0.1) is 0 Å². The summed E-state index contributed by atoms with van der Waals surface area (Å²) in [6.45, 7) is 0.293. The molecule has 0 unspecified atom stereocenters. The third-order valence-electron chi connectivity index (χ3n) is 3.44. The highest BCUT2D eigenvalue weighted by molar-refractivity contribution is 5.96. The number of allylic oxidation sites excluding steroid dienone is 3. The lowest BCUT2D eigenvalue weighted by molar-refractivity contribution is -0.116. The Bertz CT molecular complexity index is 555. The van der Waals surface area contributed by atoms with Gasteiger partial charge in [-0.3, -0.25) is 4.79 Å². The first kappa shape index (κ1) is 12.0. The van der Waals surface area contributed by atoms with E-state index in [1.54, 1.807) is 0 Å². The fourth-order valence-electron chi connectivity index (χ4n) is 2.37. The van der Waals surface area contributed by atoms with Crippen LogP contribution in [0, 0.1) is 0 Å². The smallest absolute Gasteiger partial charge is 0.231 e. The first-order valence-electron chi connectivity index (χ1n) is 6.63. The normalized spacial score (nSPS) is 20.4. The van der Waals surface area contributed by atoms with Crippen LogP contribution in [0.25, 0.3) is 6.08 Å². The van der Waals surface area contributed by atoms with Crippen molar-refractivity contribution in [1.29, 1.82) is 0 Å². The molecule has 1 heterocycles. The first-order valence-corrected chi connectivity index (χ1v) is 6.63. The van der Waals surface area contributed by atoms with Crippen molar-refractivity contribution in [3.63, 3.8) is 0 Å². The van der Waals surface area contributed by atoms with Crippen molar-refractivity contribution in [3.8, 4) is 11.5 Å². The highest BCUT2D eigenvalue weighted by Gasteiger charge is 2.14. The number of ketones is 1. The molecule has 0 spiro atoms. The van der Waals surface area contributed by atoms with Gasteiger partial charge >= 0.3 is 0 Å². The van der Waals surface area contributed by atoms with Crippen LogP contribution in [0.5, 0.6) is 11.5 Å². The van der Waals surface area contributed by atoms with Gasteiger partial charge in [0.25, 0.3) is 0 Å². The molecule has 1 aromatic rings. The summed E-state index contributed by atoms with van der Waals surface area (Å²) in [5.41, 5.74) is 1.99. The fraction of sp³-hybridized carbons (Fsp3) is 0.312. The second kappa shape index (κ2) is 5.31. The second-order valence-electron chi connectivity index (χ2n) is 4.79. The summed E-state index contributed by atoms with van der Waals surface area (Å²) < 4.78 is 10.6. The molecular weight excluding hydrogens is 240 g/mol. The average Bonchev–Trinajstić information content (AvgIpc) is 2.88. The topological polar surface area (TPSA) is 35.5 Å². The summed E-state index contributed by atoms with van der Waals surface area (Å²) in [6.07, 6.45) is 9.62. The lowest BCUT2D eigenvalue weighted by Gasteiger charge is -2.11. The first-order chi connectivity index (χ1) is 9.33. The number of benzene rings is 1. The van der Waals surface area contributed by atoms with Crippen LogP contribution < -0.4 is 9.47 Å². The van der Waals surface area contributed by atoms with Crippen LogP contribution in [-0.4, -0.2) is 12.6 Å². The highest BCUT2D eigenvalue weighted by Crippen LogP contribution is 2.32. The van der Waals surface area contributed by atoms with Crippen LogP contribution in [0.4, 0.5) is 0 Å². The molecule has 1 fully saturated rings. The molecule has 1 aliphatic carbocycles. The fourth-order valence-corrected chi connectivity index (χ4v) is 2.37. The molecule has 3 heteroatoms. The molecule has 0 radical (unpaired) electrons. The SMILES string of the molecule is O=C1CCCC/C1=C\C=C\c1ccc2c(c1)OCO2. The van der Waals surface area contributed by atoms with Gasteiger partial charge in [-0.25, -0.2) is 0 Å². The van der Waals surface area contributed by atoms with Crippen molar-refractivity contribution in [3.05, 3.63) is 41.5 Å². The molecule has 0 amide bonds. The molecule has 0 aromatic heterocycles. The number of fused-ring (bicyclic) bond motifs is 1. The van der Waals surface area contributed by atoms with Gasteiger partial charge in [-0.2, -0.15) is 0 Å². The molecule has 0 atom stereocenters. The number of Topliss-reactive ketones (excluding diaryl/α,β-unsaturated/α-hetero) is 1. The minimum atomic E-state index is 0.293. The standard InChI is InChI=1S/C16H16O3/c17-14-7-2-1-5-13(14)6-3-4-12-8-9-15-16(10-12)19-11-18-15/h3-4,6,8-10H,1-2,5,7,11H2/b4-3+,13-6+. The zero-order valence-electron chi connectivity index (χ0n) is 10.7. The number of ether oxygens (including phenoxy) is 2. The molecular formula is C16H16O3. The van der Waals surface area contributed by atoms with E-state index in [9.17, 15) is 4.79 Å². The van der Waals surface area contributed by atoms with Crippen LogP contribution in [0.1, 0.15) is 31.2 Å². The largest absolute Gasteiger partial charge is 0.454 e. The molecule has 98 valence electrons. The lowest BCUT2D eigenvalue weighted by Crippen LogP contribution is -2.07. The van der Waals surface area contributed by atoms with Crippen molar-refractivity contribution in [1.82, 2.24) is 0 Å². The van der Waals surface area contributed by atoms with Crippen molar-refractivity contribution in [2.45, 2.75) is 25.7 Å². The molecule has 0 bridgehead atoms. The maximum absolute atomic E-state index is 11.7. The molecule has 0 saturated heterocycles. The van der Waals surface area contributed by atoms with Crippen LogP contribution in [0.3, 0.4) is 0 Å². The van der Waals surface area contributed by atoms with E-state index in [-0.39, 0.29) is 0 Å². The van der Waals surface area contributed by atoms with Gasteiger partial charge in [0.2, 0.25) is 6.79 Å². The van der Waals surface area contributed by atoms with Crippen LogP contribution in [0.15, 0.2) is 35.9 Å². The van der Waals surface area contributed by atoms with Crippen molar-refractivity contribution >= 4 is 11.9 Å². The van der Waals surface area contributed by atoms with Crippen molar-refractivity contribution < 1.29 is 14.3 Å². The maximum Gasteiger partial charge on any atom is 0.231 e. The Morgan fingerprint density at radius 2 is 1.89 bits per heavy atom. The van der Waals surface area contributed by atoms with E-state index in [0.717, 1.165) is 41.9 Å². The average molecular weight is 256 g/mol. The Morgan fingerprint density at radius 3 is 2.79 bits per heavy atom. The Balaban J connectivity index is 1.72. The molecule has 1 aliphatic heterocycles. The summed E-state index contributed by atoms with van der Waals surface area (Å²) in [5.74, 6) is 1.86. The number of carbonyl (C=O) groups excluding carboxylic acids is 1.